The van der Waals surface area contributed by atoms with Gasteiger partial charge in [-0.15, -0.1) is 0 Å². The summed E-state index contributed by atoms with van der Waals surface area (Å²) in [6, 6.07) is 9.85. The Morgan fingerprint density at radius 2 is 1.28 bits per heavy atom. The molecule has 404 valence electrons. The summed E-state index contributed by atoms with van der Waals surface area (Å²) >= 11 is 0. The highest BCUT2D eigenvalue weighted by Gasteiger charge is 2.42. The fraction of sp³-hybridized carbons (Fsp3) is 0.431. The van der Waals surface area contributed by atoms with E-state index in [1.54, 1.807) is 70.3 Å². The van der Waals surface area contributed by atoms with E-state index in [9.17, 15) is 58.5 Å². The largest absolute Gasteiger partial charge is 0.508 e. The molecule has 1 aromatic heterocycles. The van der Waals surface area contributed by atoms with Crippen LogP contribution in [0.25, 0.3) is 10.9 Å². The molecule has 0 unspecified atom stereocenters. The lowest BCUT2D eigenvalue weighted by Crippen LogP contribution is -2.63. The summed E-state index contributed by atoms with van der Waals surface area (Å²) in [5, 5.41) is 49.0. The summed E-state index contributed by atoms with van der Waals surface area (Å²) in [6.45, 7) is 6.34. The third-order valence-electron chi connectivity index (χ3n) is 12.3. The zero-order valence-electron chi connectivity index (χ0n) is 41.9. The average molecular weight is 1080 g/mol. The van der Waals surface area contributed by atoms with Gasteiger partial charge in [0.25, 0.3) is 0 Å². The summed E-state index contributed by atoms with van der Waals surface area (Å²) in [7, 11) is 1.91. The molecule has 75 heavy (non-hydrogen) atoms. The van der Waals surface area contributed by atoms with Gasteiger partial charge in [0.15, 0.2) is 0 Å². The molecule has 0 saturated carbocycles. The molecule has 5 rings (SSSR count). The number of nitrogens with two attached hydrogens (primary N) is 2. The van der Waals surface area contributed by atoms with Crippen LogP contribution in [-0.2, 0) is 62.4 Å². The van der Waals surface area contributed by atoms with E-state index in [0.717, 1.165) is 32.5 Å². The van der Waals surface area contributed by atoms with Crippen LogP contribution < -0.4 is 48.7 Å². The summed E-state index contributed by atoms with van der Waals surface area (Å²) < 4.78 is -1.42. The fourth-order valence-electron chi connectivity index (χ4n) is 8.14. The van der Waals surface area contributed by atoms with Crippen LogP contribution in [0, 0.1) is 5.92 Å². The maximum Gasteiger partial charge on any atom is 0.326 e. The van der Waals surface area contributed by atoms with Crippen molar-refractivity contribution in [1.82, 2.24) is 42.2 Å². The molecule has 24 heteroatoms. The van der Waals surface area contributed by atoms with Gasteiger partial charge in [0.1, 0.15) is 48.0 Å². The lowest BCUT2D eigenvalue weighted by molar-refractivity contribution is -0.143. The lowest BCUT2D eigenvalue weighted by Gasteiger charge is -2.35. The molecule has 1 aliphatic rings. The molecule has 22 nitrogen and oxygen atoms in total. The van der Waals surface area contributed by atoms with Crippen molar-refractivity contribution in [3.63, 3.8) is 0 Å². The molecule has 7 amide bonds. The second-order valence-electron chi connectivity index (χ2n) is 19.0. The molecule has 2 heterocycles. The summed E-state index contributed by atoms with van der Waals surface area (Å²) in [4.78, 5) is 128. The zero-order valence-corrected chi connectivity index (χ0v) is 43.6. The first-order valence-electron chi connectivity index (χ1n) is 24.3. The number of amides is 7. The highest BCUT2D eigenvalue weighted by molar-refractivity contribution is 8.77. The van der Waals surface area contributed by atoms with Crippen LogP contribution >= 0.6 is 21.6 Å². The number of carbonyl (C=O) groups is 9. The van der Waals surface area contributed by atoms with Crippen molar-refractivity contribution in [3.05, 3.63) is 102 Å². The Bertz CT molecular complexity index is 2670. The molecule has 3 aromatic carbocycles. The Morgan fingerprint density at radius 3 is 1.88 bits per heavy atom. The number of hydrogen-bond donors (Lipinski definition) is 13. The van der Waals surface area contributed by atoms with Crippen LogP contribution in [0.5, 0.6) is 5.75 Å². The number of para-hydroxylation sites is 1. The molecule has 8 atom stereocenters. The first kappa shape index (κ1) is 58.7. The van der Waals surface area contributed by atoms with Crippen LogP contribution in [0.4, 0.5) is 0 Å². The van der Waals surface area contributed by atoms with Crippen molar-refractivity contribution in [1.29, 1.82) is 0 Å². The topological polar surface area (TPSA) is 366 Å². The Balaban J connectivity index is 1.66. The Labute approximate surface area is 441 Å². The van der Waals surface area contributed by atoms with Gasteiger partial charge >= 0.3 is 11.9 Å². The number of rotatable bonds is 17. The summed E-state index contributed by atoms with van der Waals surface area (Å²) in [5.74, 6) is -9.99. The van der Waals surface area contributed by atoms with Gasteiger partial charge in [-0.3, -0.25) is 38.4 Å². The highest BCUT2D eigenvalue weighted by Crippen LogP contribution is 2.39. The van der Waals surface area contributed by atoms with Crippen molar-refractivity contribution in [2.75, 3.05) is 12.3 Å². The summed E-state index contributed by atoms with van der Waals surface area (Å²) in [6.07, 6.45) is 0.590. The Morgan fingerprint density at radius 1 is 0.733 bits per heavy atom. The minimum atomic E-state index is -1.62. The Hall–Kier alpha value is -7.15. The predicted octanol–water partition coefficient (Wildman–Crippen LogP) is 0.750. The van der Waals surface area contributed by atoms with Gasteiger partial charge in [-0.25, -0.2) is 4.79 Å². The second-order valence-corrected chi connectivity index (χ2v) is 22.0. The van der Waals surface area contributed by atoms with E-state index >= 15 is 0 Å². The molecule has 4 aromatic rings. The number of phenols is 1. The van der Waals surface area contributed by atoms with E-state index in [4.69, 9.17) is 11.5 Å². The summed E-state index contributed by atoms with van der Waals surface area (Å²) in [5.41, 5.74) is 14.3. The van der Waals surface area contributed by atoms with Crippen LogP contribution in [0.2, 0.25) is 0 Å². The van der Waals surface area contributed by atoms with E-state index in [2.05, 4.69) is 42.2 Å². The normalized spacial score (nSPS) is 22.0. The first-order chi connectivity index (χ1) is 35.6. The molecule has 0 bridgehead atoms. The van der Waals surface area contributed by atoms with Gasteiger partial charge in [0.2, 0.25) is 41.4 Å². The SMILES string of the molecule is CC(C)[C@H](NC(=O)[C@@H]1CSSC(C)(C)[C@H](NC(=O)[C@@H](N)CC(=O)O)C(=O)N[C@@H](Cc2ccccc2)C(=O)N[C@H](Cc2c[nH]c3ccccc23)C(=O)N[C@H](CCCN)C(=O)N[C@@H](Cc2ccc(O)cc2)C(=O)N1)C(=O)O. The number of carboxylic acids is 2. The monoisotopic (exact) mass is 1070 g/mol. The molecule has 1 aliphatic heterocycles. The van der Waals surface area contributed by atoms with Crippen molar-refractivity contribution in [2.45, 2.75) is 119 Å². The minimum Gasteiger partial charge on any atom is -0.508 e. The minimum absolute atomic E-state index is 0.0360. The number of aromatic hydroxyl groups is 1. The number of H-pyrrole nitrogens is 1. The number of hydrogen-bond acceptors (Lipinski definition) is 14. The highest BCUT2D eigenvalue weighted by atomic mass is 33.1. The third kappa shape index (κ3) is 17.2. The fourth-order valence-corrected chi connectivity index (χ4v) is 11.0. The van der Waals surface area contributed by atoms with Gasteiger partial charge in [0.05, 0.1) is 12.5 Å². The van der Waals surface area contributed by atoms with Gasteiger partial charge in [-0.2, -0.15) is 0 Å². The maximum absolute atomic E-state index is 14.8. The number of aromatic amines is 1. The van der Waals surface area contributed by atoms with E-state index < -0.39 is 119 Å². The van der Waals surface area contributed by atoms with Gasteiger partial charge in [-0.1, -0.05) is 96.1 Å². The van der Waals surface area contributed by atoms with E-state index in [1.165, 1.54) is 24.3 Å². The predicted molar refractivity (Wildman–Crippen MR) is 283 cm³/mol. The van der Waals surface area contributed by atoms with Crippen LogP contribution in [-0.4, -0.2) is 139 Å². The van der Waals surface area contributed by atoms with Crippen molar-refractivity contribution in [2.24, 2.45) is 17.4 Å². The van der Waals surface area contributed by atoms with Crippen molar-refractivity contribution >= 4 is 85.8 Å². The standard InChI is InChI=1S/C51H66N10O12S2/c1-27(2)41(50(72)73)60-48(70)39-26-74-75-51(3,4)42(61-43(65)33(53)24-40(63)64)49(71)58-37(21-28-11-6-5-7-12-28)45(67)57-38(23-30-25-54-34-14-9-8-13-32(30)34)47(69)55-35(15-10-20-52)44(66)56-36(46(68)59-39)22-29-16-18-31(62)19-17-29/h5-9,11-14,16-19,25,27,33,35-39,41-42,54,62H,10,15,20-24,26,52-53H2,1-4H3,(H,55,69)(H,56,66)(H,57,67)(H,58,71)(H,59,68)(H,60,70)(H,61,65)(H,63,64)(H,72,73)/t33-,35+,36-,37-,38+,39-,41-,42+/m0/s1. The molecule has 0 aliphatic carbocycles. The van der Waals surface area contributed by atoms with E-state index in [0.29, 0.717) is 16.7 Å². The molecule has 0 spiro atoms. The van der Waals surface area contributed by atoms with Gasteiger partial charge < -0.3 is 69.0 Å². The zero-order chi connectivity index (χ0) is 55.0. The van der Waals surface area contributed by atoms with E-state index in [-0.39, 0.29) is 50.2 Å². The maximum atomic E-state index is 14.8. The smallest absolute Gasteiger partial charge is 0.326 e. The molecule has 1 saturated heterocycles. The van der Waals surface area contributed by atoms with Gasteiger partial charge in [0, 0.05) is 46.9 Å². The number of aliphatic carboxylic acids is 2. The average Bonchev–Trinajstić information content (AvgIpc) is 3.77. The molecule has 15 N–H and O–H groups in total. The van der Waals surface area contributed by atoms with Gasteiger partial charge in [-0.05, 0) is 74.0 Å². The van der Waals surface area contributed by atoms with E-state index in [1.807, 2.05) is 18.2 Å². The number of carboxylic acid groups (broad SMARTS) is 2. The van der Waals surface area contributed by atoms with Crippen molar-refractivity contribution in [3.8, 4) is 5.75 Å². The molecular weight excluding hydrogens is 1010 g/mol. The quantitative estimate of drug-likeness (QED) is 0.0649. The number of phenolic OH excluding ortho intramolecular Hbond substituents is 1. The molecule has 1 fully saturated rings. The molecular formula is C51H66N10O12S2. The number of nitrogens with one attached hydrogen (secondary N) is 8. The number of fused-ring (bicyclic) bond motifs is 1. The Kier molecular flexibility index (Phi) is 21.5. The number of carbonyl (C=O) groups excluding carboxylic acids is 7. The van der Waals surface area contributed by atoms with Crippen LogP contribution in [0.1, 0.15) is 63.6 Å². The second kappa shape index (κ2) is 27.4. The lowest BCUT2D eigenvalue weighted by atomic mass is 9.98. The molecule has 0 radical (unpaired) electrons. The third-order valence-corrected chi connectivity index (χ3v) is 15.6. The van der Waals surface area contributed by atoms with Crippen LogP contribution in [0.3, 0.4) is 0 Å². The first-order valence-corrected chi connectivity index (χ1v) is 26.6. The van der Waals surface area contributed by atoms with Crippen LogP contribution in [0.15, 0.2) is 85.1 Å². The van der Waals surface area contributed by atoms with Crippen molar-refractivity contribution < 1.29 is 58.5 Å². The number of benzene rings is 3. The number of aromatic nitrogens is 1.